The number of aromatic nitrogens is 3. The molecule has 0 aliphatic carbocycles. The monoisotopic (exact) mass is 612 g/mol. The Labute approximate surface area is 257 Å². The van der Waals surface area contributed by atoms with Gasteiger partial charge in [-0.05, 0) is 50.1 Å². The van der Waals surface area contributed by atoms with Crippen molar-refractivity contribution in [1.82, 2.24) is 20.1 Å². The van der Waals surface area contributed by atoms with Crippen molar-refractivity contribution in [2.75, 3.05) is 17.2 Å². The van der Waals surface area contributed by atoms with Crippen molar-refractivity contribution in [3.63, 3.8) is 0 Å². The van der Waals surface area contributed by atoms with Crippen LogP contribution in [0.25, 0.3) is 10.2 Å². The SMILES string of the molecule is CCCCOC(=O)n1nc(NC(=O)c2ccccc2NC(=O)c2cc[nH]c2)c2cc(C(=O)NC(C)(C)c3ccccc3)sc21. The summed E-state index contributed by atoms with van der Waals surface area (Å²) in [7, 11) is 0. The number of aromatic amines is 1. The predicted molar refractivity (Wildman–Crippen MR) is 169 cm³/mol. The van der Waals surface area contributed by atoms with Crippen LogP contribution < -0.4 is 16.0 Å². The van der Waals surface area contributed by atoms with Gasteiger partial charge in [0.25, 0.3) is 17.7 Å². The van der Waals surface area contributed by atoms with Gasteiger partial charge in [0, 0.05) is 12.4 Å². The number of rotatable bonds is 10. The molecule has 12 heteroatoms. The average Bonchev–Trinajstić information content (AvgIpc) is 3.77. The molecule has 44 heavy (non-hydrogen) atoms. The molecule has 0 radical (unpaired) electrons. The molecule has 3 aromatic heterocycles. The Morgan fingerprint density at radius 3 is 2.43 bits per heavy atom. The van der Waals surface area contributed by atoms with E-state index in [0.29, 0.717) is 32.8 Å². The highest BCUT2D eigenvalue weighted by Gasteiger charge is 2.28. The Bertz CT molecular complexity index is 1810. The van der Waals surface area contributed by atoms with Crippen molar-refractivity contribution in [2.24, 2.45) is 0 Å². The fourth-order valence-corrected chi connectivity index (χ4v) is 5.49. The lowest BCUT2D eigenvalue weighted by atomic mass is 9.94. The standard InChI is InChI=1S/C32H32N6O5S/c1-4-5-17-43-31(42)38-30-23(18-25(44-30)29(41)36-32(2,3)21-11-7-6-8-12-21)26(37-38)35-28(40)22-13-9-10-14-24(22)34-27(39)20-15-16-33-19-20/h6-16,18-19,33H,4-5,17H2,1-3H3,(H,34,39)(H,36,41)(H,35,37,40). The highest BCUT2D eigenvalue weighted by atomic mass is 32.1. The fraction of sp³-hybridized carbons (Fsp3) is 0.219. The van der Waals surface area contributed by atoms with E-state index >= 15 is 0 Å². The van der Waals surface area contributed by atoms with Crippen molar-refractivity contribution in [3.8, 4) is 0 Å². The van der Waals surface area contributed by atoms with Crippen LogP contribution in [0.5, 0.6) is 0 Å². The maximum Gasteiger partial charge on any atom is 0.436 e. The first kappa shape index (κ1) is 30.2. The Morgan fingerprint density at radius 1 is 0.955 bits per heavy atom. The summed E-state index contributed by atoms with van der Waals surface area (Å²) in [6.45, 7) is 5.99. The van der Waals surface area contributed by atoms with Crippen LogP contribution in [0.3, 0.4) is 0 Å². The summed E-state index contributed by atoms with van der Waals surface area (Å²) in [6, 6.07) is 19.3. The third kappa shape index (κ3) is 6.55. The molecule has 0 spiro atoms. The van der Waals surface area contributed by atoms with Gasteiger partial charge >= 0.3 is 6.09 Å². The van der Waals surface area contributed by atoms with E-state index in [-0.39, 0.29) is 29.8 Å². The Kier molecular flexibility index (Phi) is 8.91. The molecule has 226 valence electrons. The molecule has 0 aliphatic heterocycles. The second kappa shape index (κ2) is 13.0. The summed E-state index contributed by atoms with van der Waals surface area (Å²) in [4.78, 5) is 56.1. The molecule has 3 amide bonds. The Hall–Kier alpha value is -5.23. The number of nitrogens with one attached hydrogen (secondary N) is 4. The molecule has 5 aromatic rings. The summed E-state index contributed by atoms with van der Waals surface area (Å²) in [5.41, 5.74) is 1.13. The molecule has 2 aromatic carbocycles. The molecule has 11 nitrogen and oxygen atoms in total. The normalized spacial score (nSPS) is 11.2. The number of thiophene rings is 1. The van der Waals surface area contributed by atoms with Gasteiger partial charge in [-0.2, -0.15) is 4.68 Å². The largest absolute Gasteiger partial charge is 0.448 e. The summed E-state index contributed by atoms with van der Waals surface area (Å²) in [5, 5.41) is 13.3. The summed E-state index contributed by atoms with van der Waals surface area (Å²) >= 11 is 1.07. The second-order valence-electron chi connectivity index (χ2n) is 10.6. The zero-order valence-electron chi connectivity index (χ0n) is 24.5. The van der Waals surface area contributed by atoms with Gasteiger partial charge in [-0.15, -0.1) is 16.4 Å². The van der Waals surface area contributed by atoms with Crippen LogP contribution in [0.4, 0.5) is 16.3 Å². The maximum atomic E-state index is 13.5. The first-order valence-electron chi connectivity index (χ1n) is 14.1. The predicted octanol–water partition coefficient (Wildman–Crippen LogP) is 6.38. The van der Waals surface area contributed by atoms with Crippen LogP contribution in [-0.4, -0.2) is 45.2 Å². The molecule has 5 rings (SSSR count). The number of ether oxygens (including phenoxy) is 1. The van der Waals surface area contributed by atoms with E-state index in [1.165, 1.54) is 0 Å². The van der Waals surface area contributed by atoms with Crippen LogP contribution in [0.15, 0.2) is 79.1 Å². The van der Waals surface area contributed by atoms with E-state index in [0.717, 1.165) is 28.0 Å². The molecular weight excluding hydrogens is 580 g/mol. The number of nitrogens with zero attached hydrogens (tertiary/aromatic N) is 2. The highest BCUT2D eigenvalue weighted by molar-refractivity contribution is 7.20. The first-order valence-corrected chi connectivity index (χ1v) is 14.9. The zero-order chi connectivity index (χ0) is 31.3. The van der Waals surface area contributed by atoms with E-state index in [2.05, 4.69) is 26.0 Å². The molecule has 0 fully saturated rings. The molecule has 4 N–H and O–H groups in total. The number of carbonyl (C=O) groups excluding carboxylic acids is 4. The van der Waals surface area contributed by atoms with Crippen LogP contribution in [-0.2, 0) is 10.3 Å². The third-order valence-electron chi connectivity index (χ3n) is 6.91. The minimum Gasteiger partial charge on any atom is -0.448 e. The lowest BCUT2D eigenvalue weighted by Crippen LogP contribution is -2.40. The lowest BCUT2D eigenvalue weighted by Gasteiger charge is -2.26. The van der Waals surface area contributed by atoms with Crippen molar-refractivity contribution >= 4 is 56.9 Å². The first-order chi connectivity index (χ1) is 21.2. The molecule has 0 aliphatic rings. The van der Waals surface area contributed by atoms with Gasteiger partial charge in [0.2, 0.25) is 0 Å². The Balaban J connectivity index is 1.45. The van der Waals surface area contributed by atoms with Crippen LogP contribution >= 0.6 is 11.3 Å². The van der Waals surface area contributed by atoms with Crippen LogP contribution in [0.1, 0.15) is 69.6 Å². The minimum atomic E-state index is -0.721. The summed E-state index contributed by atoms with van der Waals surface area (Å²) < 4.78 is 6.45. The van der Waals surface area contributed by atoms with Gasteiger partial charge in [-0.1, -0.05) is 55.8 Å². The van der Waals surface area contributed by atoms with Gasteiger partial charge in [0.1, 0.15) is 4.83 Å². The third-order valence-corrected chi connectivity index (χ3v) is 8.02. The minimum absolute atomic E-state index is 0.0711. The molecule has 0 bridgehead atoms. The van der Waals surface area contributed by atoms with Gasteiger partial charge < -0.3 is 25.7 Å². The van der Waals surface area contributed by atoms with E-state index in [4.69, 9.17) is 4.74 Å². The molecule has 0 saturated carbocycles. The number of benzene rings is 2. The maximum absolute atomic E-state index is 13.5. The highest BCUT2D eigenvalue weighted by Crippen LogP contribution is 2.33. The number of anilines is 2. The zero-order valence-corrected chi connectivity index (χ0v) is 25.3. The van der Waals surface area contributed by atoms with Crippen LogP contribution in [0, 0.1) is 0 Å². The fourth-order valence-electron chi connectivity index (χ4n) is 4.50. The van der Waals surface area contributed by atoms with Crippen LogP contribution in [0.2, 0.25) is 0 Å². The number of amides is 3. The topological polar surface area (TPSA) is 147 Å². The lowest BCUT2D eigenvalue weighted by molar-refractivity contribution is 0.0915. The van der Waals surface area contributed by atoms with Crippen molar-refractivity contribution in [1.29, 1.82) is 0 Å². The molecule has 0 unspecified atom stereocenters. The number of fused-ring (bicyclic) bond motifs is 1. The molecule has 3 heterocycles. The number of carbonyl (C=O) groups is 4. The Morgan fingerprint density at radius 2 is 1.70 bits per heavy atom. The number of para-hydroxylation sites is 1. The molecule has 0 atom stereocenters. The van der Waals surface area contributed by atoms with Crippen molar-refractivity contribution in [3.05, 3.63) is 101 Å². The van der Waals surface area contributed by atoms with Crippen molar-refractivity contribution in [2.45, 2.75) is 39.2 Å². The van der Waals surface area contributed by atoms with E-state index < -0.39 is 17.5 Å². The van der Waals surface area contributed by atoms with E-state index in [1.807, 2.05) is 51.1 Å². The summed E-state index contributed by atoms with van der Waals surface area (Å²) in [5.74, 6) is -1.23. The number of unbranched alkanes of at least 4 members (excludes halogenated alkanes) is 1. The van der Waals surface area contributed by atoms with E-state index in [1.54, 1.807) is 48.8 Å². The van der Waals surface area contributed by atoms with E-state index in [9.17, 15) is 19.2 Å². The molecular formula is C32H32N6O5S. The summed E-state index contributed by atoms with van der Waals surface area (Å²) in [6.07, 6.45) is 3.97. The molecule has 0 saturated heterocycles. The number of H-pyrrole nitrogens is 1. The van der Waals surface area contributed by atoms with Crippen molar-refractivity contribution < 1.29 is 23.9 Å². The smallest absolute Gasteiger partial charge is 0.436 e. The number of hydrogen-bond acceptors (Lipinski definition) is 7. The van der Waals surface area contributed by atoms with Gasteiger partial charge in [0.15, 0.2) is 5.82 Å². The second-order valence-corrected chi connectivity index (χ2v) is 11.6. The number of hydrogen-bond donors (Lipinski definition) is 4. The average molecular weight is 613 g/mol. The van der Waals surface area contributed by atoms with Gasteiger partial charge in [-0.3, -0.25) is 14.4 Å². The van der Waals surface area contributed by atoms with Gasteiger partial charge in [-0.25, -0.2) is 4.79 Å². The quantitative estimate of drug-likeness (QED) is 0.135. The van der Waals surface area contributed by atoms with Gasteiger partial charge in [0.05, 0.1) is 39.2 Å².